The maximum atomic E-state index is 6.90. The molecule has 9 aromatic carbocycles. The minimum absolute atomic E-state index is 0.174. The van der Waals surface area contributed by atoms with Gasteiger partial charge in [-0.2, -0.15) is 0 Å². The van der Waals surface area contributed by atoms with Crippen molar-refractivity contribution >= 4 is 43.5 Å². The predicted molar refractivity (Wildman–Crippen MR) is 259 cm³/mol. The molecule has 4 heteroatoms. The van der Waals surface area contributed by atoms with Gasteiger partial charge >= 0.3 is 0 Å². The molecule has 11 aromatic rings. The van der Waals surface area contributed by atoms with Crippen molar-refractivity contribution in [3.8, 4) is 67.5 Å². The molecule has 0 atom stereocenters. The van der Waals surface area contributed by atoms with Crippen LogP contribution in [0.15, 0.2) is 180 Å². The zero-order chi connectivity index (χ0) is 42.2. The van der Waals surface area contributed by atoms with Crippen molar-refractivity contribution in [1.82, 2.24) is 15.0 Å². The molecule has 0 amide bonds. The Morgan fingerprint density at radius 1 is 0.381 bits per heavy atom. The SMILES string of the molecule is CC1(C)c2ccccc2-c2c1cc(-c1nc(-c3cccc(-c4ccccc4)c3)nc(-c3ccc4ccc5ccc6c(c5c4c3)C(C)(C)c3ccccc3-6)n1)c1c2oc2ccccc21. The number of hydrogen-bond acceptors (Lipinski definition) is 4. The Morgan fingerprint density at radius 3 is 1.83 bits per heavy atom. The van der Waals surface area contributed by atoms with Crippen LogP contribution in [0.2, 0.25) is 0 Å². The topological polar surface area (TPSA) is 51.8 Å². The molecule has 2 aliphatic carbocycles. The fourth-order valence-electron chi connectivity index (χ4n) is 11.0. The smallest absolute Gasteiger partial charge is 0.164 e. The van der Waals surface area contributed by atoms with E-state index in [1.807, 2.05) is 6.07 Å². The lowest BCUT2D eigenvalue weighted by Crippen LogP contribution is -2.15. The van der Waals surface area contributed by atoms with E-state index in [0.717, 1.165) is 55.3 Å². The summed E-state index contributed by atoms with van der Waals surface area (Å²) in [5.74, 6) is 1.85. The molecule has 2 aromatic heterocycles. The first-order chi connectivity index (χ1) is 30.7. The molecule has 0 saturated heterocycles. The van der Waals surface area contributed by atoms with Gasteiger partial charge in [-0.05, 0) is 95.9 Å². The maximum Gasteiger partial charge on any atom is 0.164 e. The Morgan fingerprint density at radius 2 is 1.00 bits per heavy atom. The van der Waals surface area contributed by atoms with E-state index in [2.05, 4.69) is 198 Å². The van der Waals surface area contributed by atoms with Crippen molar-refractivity contribution in [2.75, 3.05) is 0 Å². The van der Waals surface area contributed by atoms with Crippen LogP contribution >= 0.6 is 0 Å². The minimum atomic E-state index is -0.274. The van der Waals surface area contributed by atoms with Gasteiger partial charge in [0.2, 0.25) is 0 Å². The zero-order valence-corrected chi connectivity index (χ0v) is 35.5. The Bertz CT molecular complexity index is 3740. The number of nitrogens with zero attached hydrogens (tertiary/aromatic N) is 3. The first-order valence-electron chi connectivity index (χ1n) is 21.9. The van der Waals surface area contributed by atoms with Crippen molar-refractivity contribution in [2.45, 2.75) is 38.5 Å². The highest BCUT2D eigenvalue weighted by Gasteiger charge is 2.40. The minimum Gasteiger partial charge on any atom is -0.455 e. The molecule has 298 valence electrons. The van der Waals surface area contributed by atoms with Gasteiger partial charge in [-0.15, -0.1) is 0 Å². The third-order valence-electron chi connectivity index (χ3n) is 14.1. The van der Waals surface area contributed by atoms with E-state index in [9.17, 15) is 0 Å². The normalized spacial score (nSPS) is 14.3. The van der Waals surface area contributed by atoms with Crippen LogP contribution in [0.5, 0.6) is 0 Å². The molecule has 0 fully saturated rings. The summed E-state index contributed by atoms with van der Waals surface area (Å²) in [6, 6.07) is 63.2. The lowest BCUT2D eigenvalue weighted by atomic mass is 9.79. The van der Waals surface area contributed by atoms with Gasteiger partial charge in [0.1, 0.15) is 11.2 Å². The van der Waals surface area contributed by atoms with Gasteiger partial charge in [-0.1, -0.05) is 179 Å². The number of furan rings is 1. The first-order valence-corrected chi connectivity index (χ1v) is 21.9. The fourth-order valence-corrected chi connectivity index (χ4v) is 11.0. The molecule has 4 nitrogen and oxygen atoms in total. The summed E-state index contributed by atoms with van der Waals surface area (Å²) in [4.78, 5) is 16.3. The molecule has 63 heavy (non-hydrogen) atoms. The zero-order valence-electron chi connectivity index (χ0n) is 35.5. The van der Waals surface area contributed by atoms with Crippen molar-refractivity contribution < 1.29 is 4.42 Å². The highest BCUT2D eigenvalue weighted by Crippen LogP contribution is 2.55. The van der Waals surface area contributed by atoms with Crippen molar-refractivity contribution in [2.24, 2.45) is 0 Å². The molecule has 0 aliphatic heterocycles. The second-order valence-corrected chi connectivity index (χ2v) is 18.3. The highest BCUT2D eigenvalue weighted by atomic mass is 16.3. The summed E-state index contributed by atoms with van der Waals surface area (Å²) >= 11 is 0. The van der Waals surface area contributed by atoms with Crippen LogP contribution in [0.1, 0.15) is 49.9 Å². The van der Waals surface area contributed by atoms with E-state index in [-0.39, 0.29) is 10.8 Å². The van der Waals surface area contributed by atoms with Crippen LogP contribution < -0.4 is 0 Å². The molecule has 0 saturated carbocycles. The lowest BCUT2D eigenvalue weighted by Gasteiger charge is -2.24. The second kappa shape index (κ2) is 12.9. The van der Waals surface area contributed by atoms with Gasteiger partial charge in [0, 0.05) is 43.9 Å². The standard InChI is InChI=1S/C59H41N3O/c1-58(2)47-23-12-9-20-42(47)52-48(58)33-45(51-43-21-10-13-24-49(43)63-54(51)52)57-61-55(38-18-14-17-37(31-38)34-15-6-5-7-16-34)60-56(62-57)39-28-26-35-25-27-36-29-30-41-40-19-8-11-22-46(40)59(3,4)53(41)50(36)44(35)32-39/h5-33H,1-4H3. The Labute approximate surface area is 365 Å². The molecule has 0 spiro atoms. The number of hydrogen-bond donors (Lipinski definition) is 0. The number of benzene rings is 9. The largest absolute Gasteiger partial charge is 0.455 e. The number of para-hydroxylation sites is 1. The third kappa shape index (κ3) is 5.12. The number of aromatic nitrogens is 3. The van der Waals surface area contributed by atoms with Gasteiger partial charge in [-0.25, -0.2) is 15.0 Å². The predicted octanol–water partition coefficient (Wildman–Crippen LogP) is 15.4. The van der Waals surface area contributed by atoms with Gasteiger partial charge in [0.05, 0.1) is 0 Å². The summed E-state index contributed by atoms with van der Waals surface area (Å²) in [5, 5.41) is 6.94. The summed E-state index contributed by atoms with van der Waals surface area (Å²) in [7, 11) is 0. The molecule has 0 unspecified atom stereocenters. The van der Waals surface area contributed by atoms with Crippen molar-refractivity contribution in [3.63, 3.8) is 0 Å². The van der Waals surface area contributed by atoms with Gasteiger partial charge in [0.25, 0.3) is 0 Å². The second-order valence-electron chi connectivity index (χ2n) is 18.3. The van der Waals surface area contributed by atoms with Gasteiger partial charge in [-0.3, -0.25) is 0 Å². The van der Waals surface area contributed by atoms with E-state index in [4.69, 9.17) is 19.4 Å². The molecule has 2 heterocycles. The van der Waals surface area contributed by atoms with Crippen LogP contribution in [0.25, 0.3) is 111 Å². The van der Waals surface area contributed by atoms with Crippen molar-refractivity contribution in [3.05, 3.63) is 198 Å². The number of fused-ring (bicyclic) bond motifs is 14. The van der Waals surface area contributed by atoms with Gasteiger partial charge < -0.3 is 4.42 Å². The molecule has 0 N–H and O–H groups in total. The van der Waals surface area contributed by atoms with E-state index in [0.29, 0.717) is 17.5 Å². The molecular weight excluding hydrogens is 767 g/mol. The van der Waals surface area contributed by atoms with Gasteiger partial charge in [0.15, 0.2) is 17.5 Å². The first kappa shape index (κ1) is 36.0. The van der Waals surface area contributed by atoms with Crippen molar-refractivity contribution in [1.29, 1.82) is 0 Å². The van der Waals surface area contributed by atoms with Crippen LogP contribution in [-0.4, -0.2) is 15.0 Å². The molecular formula is C59H41N3O. The van der Waals surface area contributed by atoms with Crippen LogP contribution in [-0.2, 0) is 10.8 Å². The molecule has 2 aliphatic rings. The Hall–Kier alpha value is -7.69. The van der Waals surface area contributed by atoms with Crippen LogP contribution in [0.4, 0.5) is 0 Å². The quantitative estimate of drug-likeness (QED) is 0.166. The van der Waals surface area contributed by atoms with Crippen LogP contribution in [0, 0.1) is 0 Å². The third-order valence-corrected chi connectivity index (χ3v) is 14.1. The Kier molecular flexibility index (Phi) is 7.38. The molecule has 0 bridgehead atoms. The monoisotopic (exact) mass is 807 g/mol. The Balaban J connectivity index is 1.10. The summed E-state index contributed by atoms with van der Waals surface area (Å²) in [6.45, 7) is 9.35. The number of rotatable bonds is 4. The maximum absolute atomic E-state index is 6.90. The van der Waals surface area contributed by atoms with E-state index >= 15 is 0 Å². The molecule has 0 radical (unpaired) electrons. The molecule has 13 rings (SSSR count). The summed E-state index contributed by atoms with van der Waals surface area (Å²) < 4.78 is 6.90. The summed E-state index contributed by atoms with van der Waals surface area (Å²) in [5.41, 5.74) is 16.5. The average Bonchev–Trinajstić information content (AvgIpc) is 3.91. The van der Waals surface area contributed by atoms with E-state index in [1.165, 1.54) is 60.5 Å². The average molecular weight is 808 g/mol. The lowest BCUT2D eigenvalue weighted by molar-refractivity contribution is 0.653. The highest BCUT2D eigenvalue weighted by molar-refractivity contribution is 6.18. The van der Waals surface area contributed by atoms with Crippen LogP contribution in [0.3, 0.4) is 0 Å². The summed E-state index contributed by atoms with van der Waals surface area (Å²) in [6.07, 6.45) is 0. The van der Waals surface area contributed by atoms with E-state index in [1.54, 1.807) is 0 Å². The van der Waals surface area contributed by atoms with E-state index < -0.39 is 0 Å². The fraction of sp³-hybridized carbons (Fsp3) is 0.102.